The lowest BCUT2D eigenvalue weighted by Crippen LogP contribution is -2.15. The molecule has 9 heteroatoms. The number of ether oxygens (including phenoxy) is 1. The molecule has 1 N–H and O–H groups in total. The number of anilines is 1. The van der Waals surface area contributed by atoms with Gasteiger partial charge in [0.1, 0.15) is 11.6 Å². The molecule has 4 rings (SSSR count). The number of halogens is 2. The Morgan fingerprint density at radius 2 is 1.86 bits per heavy atom. The summed E-state index contributed by atoms with van der Waals surface area (Å²) in [5.74, 6) is 0.441. The van der Waals surface area contributed by atoms with E-state index in [0.717, 1.165) is 17.0 Å². The van der Waals surface area contributed by atoms with Crippen LogP contribution in [0.15, 0.2) is 54.7 Å². The lowest BCUT2D eigenvalue weighted by atomic mass is 10.0. The van der Waals surface area contributed by atoms with E-state index in [2.05, 4.69) is 29.4 Å². The molecule has 0 radical (unpaired) electrons. The van der Waals surface area contributed by atoms with Crippen LogP contribution in [0.4, 0.5) is 10.1 Å². The molecule has 2 aromatic heterocycles. The van der Waals surface area contributed by atoms with Crippen molar-refractivity contribution in [1.29, 1.82) is 0 Å². The first-order chi connectivity index (χ1) is 16.7. The standard InChI is InChI=1S/C26H27ClFN5O2/c1-16(2)19-6-9-22(10-7-19)35-15-32-12-11-24(31-32)26(34)29-25-17(3)30-33(18(25)4)14-20-5-8-21(28)13-23(20)27/h5-13,16H,14-15H2,1-4H3,(H,29,34). The molecule has 0 aliphatic rings. The summed E-state index contributed by atoms with van der Waals surface area (Å²) in [4.78, 5) is 12.8. The number of hydrogen-bond donors (Lipinski definition) is 1. The van der Waals surface area contributed by atoms with Crippen molar-refractivity contribution < 1.29 is 13.9 Å². The van der Waals surface area contributed by atoms with Gasteiger partial charge in [0, 0.05) is 11.2 Å². The van der Waals surface area contributed by atoms with Crippen LogP contribution in [0.25, 0.3) is 0 Å². The van der Waals surface area contributed by atoms with E-state index >= 15 is 0 Å². The molecular weight excluding hydrogens is 469 g/mol. The number of rotatable bonds is 8. The van der Waals surface area contributed by atoms with Gasteiger partial charge in [0.25, 0.3) is 5.91 Å². The molecule has 2 heterocycles. The molecule has 0 atom stereocenters. The van der Waals surface area contributed by atoms with Gasteiger partial charge in [0.2, 0.25) is 0 Å². The van der Waals surface area contributed by atoms with E-state index in [1.165, 1.54) is 17.7 Å². The molecule has 0 unspecified atom stereocenters. The first-order valence-corrected chi connectivity index (χ1v) is 11.6. The van der Waals surface area contributed by atoms with Gasteiger partial charge in [-0.05, 0) is 61.2 Å². The van der Waals surface area contributed by atoms with E-state index in [1.807, 2.05) is 38.1 Å². The minimum atomic E-state index is -0.394. The minimum absolute atomic E-state index is 0.183. The molecule has 0 spiro atoms. The van der Waals surface area contributed by atoms with Gasteiger partial charge >= 0.3 is 0 Å². The maximum absolute atomic E-state index is 13.3. The van der Waals surface area contributed by atoms with Gasteiger partial charge in [-0.15, -0.1) is 0 Å². The Kier molecular flexibility index (Phi) is 7.21. The average molecular weight is 496 g/mol. The third-order valence-electron chi connectivity index (χ3n) is 5.74. The van der Waals surface area contributed by atoms with Gasteiger partial charge in [-0.3, -0.25) is 9.48 Å². The van der Waals surface area contributed by atoms with Crippen molar-refractivity contribution in [1.82, 2.24) is 19.6 Å². The van der Waals surface area contributed by atoms with E-state index in [9.17, 15) is 9.18 Å². The zero-order valence-corrected chi connectivity index (χ0v) is 20.8. The van der Waals surface area contributed by atoms with Gasteiger partial charge in [-0.25, -0.2) is 9.07 Å². The number of hydrogen-bond acceptors (Lipinski definition) is 4. The number of aromatic nitrogens is 4. The van der Waals surface area contributed by atoms with Gasteiger partial charge in [0.05, 0.1) is 23.6 Å². The van der Waals surface area contributed by atoms with Crippen molar-refractivity contribution in [2.75, 3.05) is 5.32 Å². The molecule has 0 aliphatic carbocycles. The van der Waals surface area contributed by atoms with Gasteiger partial charge in [-0.1, -0.05) is 43.6 Å². The first kappa shape index (κ1) is 24.5. The first-order valence-electron chi connectivity index (χ1n) is 11.3. The van der Waals surface area contributed by atoms with E-state index in [0.29, 0.717) is 28.9 Å². The van der Waals surface area contributed by atoms with Crippen molar-refractivity contribution in [2.45, 2.75) is 46.9 Å². The van der Waals surface area contributed by atoms with Crippen molar-refractivity contribution >= 4 is 23.2 Å². The van der Waals surface area contributed by atoms with Crippen LogP contribution in [0.3, 0.4) is 0 Å². The summed E-state index contributed by atoms with van der Waals surface area (Å²) < 4.78 is 22.4. The zero-order chi connectivity index (χ0) is 25.1. The Bertz CT molecular complexity index is 1340. The summed E-state index contributed by atoms with van der Waals surface area (Å²) in [7, 11) is 0. The fraction of sp³-hybridized carbons (Fsp3) is 0.269. The number of carbonyl (C=O) groups excluding carboxylic acids is 1. The summed E-state index contributed by atoms with van der Waals surface area (Å²) in [6.45, 7) is 8.48. The highest BCUT2D eigenvalue weighted by Crippen LogP contribution is 2.24. The molecule has 4 aromatic rings. The molecule has 0 aliphatic heterocycles. The monoisotopic (exact) mass is 495 g/mol. The molecule has 0 fully saturated rings. The number of aryl methyl sites for hydroxylation is 1. The molecule has 2 aromatic carbocycles. The van der Waals surface area contributed by atoms with E-state index in [4.69, 9.17) is 16.3 Å². The third-order valence-corrected chi connectivity index (χ3v) is 6.09. The minimum Gasteiger partial charge on any atom is -0.471 e. The molecular formula is C26H27ClFN5O2. The van der Waals surface area contributed by atoms with Crippen molar-refractivity contribution in [2.24, 2.45) is 0 Å². The fourth-order valence-corrected chi connectivity index (χ4v) is 3.89. The highest BCUT2D eigenvalue weighted by atomic mass is 35.5. The van der Waals surface area contributed by atoms with E-state index in [-0.39, 0.29) is 18.3 Å². The highest BCUT2D eigenvalue weighted by Gasteiger charge is 2.18. The summed E-state index contributed by atoms with van der Waals surface area (Å²) in [5, 5.41) is 12.0. The smallest absolute Gasteiger partial charge is 0.276 e. The summed E-state index contributed by atoms with van der Waals surface area (Å²) in [6, 6.07) is 13.8. The topological polar surface area (TPSA) is 74.0 Å². The lowest BCUT2D eigenvalue weighted by Gasteiger charge is -2.09. The van der Waals surface area contributed by atoms with Crippen LogP contribution < -0.4 is 10.1 Å². The number of nitrogens with zero attached hydrogens (tertiary/aromatic N) is 4. The van der Waals surface area contributed by atoms with Gasteiger partial charge in [0.15, 0.2) is 12.4 Å². The highest BCUT2D eigenvalue weighted by molar-refractivity contribution is 6.31. The van der Waals surface area contributed by atoms with Crippen LogP contribution in [0.5, 0.6) is 5.75 Å². The number of benzene rings is 2. The van der Waals surface area contributed by atoms with Gasteiger partial charge < -0.3 is 10.1 Å². The Morgan fingerprint density at radius 3 is 2.54 bits per heavy atom. The fourth-order valence-electron chi connectivity index (χ4n) is 3.66. The van der Waals surface area contributed by atoms with E-state index in [1.54, 1.807) is 27.7 Å². The van der Waals surface area contributed by atoms with Crippen LogP contribution in [-0.2, 0) is 13.3 Å². The van der Waals surface area contributed by atoms with Crippen LogP contribution in [-0.4, -0.2) is 25.5 Å². The molecule has 1 amide bonds. The second-order valence-corrected chi connectivity index (χ2v) is 9.04. The molecule has 0 saturated heterocycles. The maximum Gasteiger partial charge on any atom is 0.276 e. The van der Waals surface area contributed by atoms with Crippen LogP contribution in [0, 0.1) is 19.7 Å². The third kappa shape index (κ3) is 5.71. The molecule has 7 nitrogen and oxygen atoms in total. The van der Waals surface area contributed by atoms with Crippen molar-refractivity contribution in [3.05, 3.63) is 93.8 Å². The Hall–Kier alpha value is -3.65. The molecule has 182 valence electrons. The Labute approximate surface area is 208 Å². The van der Waals surface area contributed by atoms with Crippen molar-refractivity contribution in [3.8, 4) is 5.75 Å². The number of amides is 1. The summed E-state index contributed by atoms with van der Waals surface area (Å²) in [6.07, 6.45) is 1.69. The largest absolute Gasteiger partial charge is 0.471 e. The molecule has 0 bridgehead atoms. The Balaban J connectivity index is 1.40. The lowest BCUT2D eigenvalue weighted by molar-refractivity contribution is 0.102. The van der Waals surface area contributed by atoms with Crippen LogP contribution in [0.2, 0.25) is 5.02 Å². The second kappa shape index (κ2) is 10.3. The Morgan fingerprint density at radius 1 is 1.11 bits per heavy atom. The summed E-state index contributed by atoms with van der Waals surface area (Å²) >= 11 is 6.16. The van der Waals surface area contributed by atoms with Crippen LogP contribution >= 0.6 is 11.6 Å². The summed E-state index contributed by atoms with van der Waals surface area (Å²) in [5.41, 5.74) is 4.24. The van der Waals surface area contributed by atoms with Gasteiger partial charge in [-0.2, -0.15) is 10.2 Å². The molecule has 0 saturated carbocycles. The average Bonchev–Trinajstić information content (AvgIpc) is 3.40. The van der Waals surface area contributed by atoms with Crippen LogP contribution in [0.1, 0.15) is 52.8 Å². The quantitative estimate of drug-likeness (QED) is 0.328. The molecule has 35 heavy (non-hydrogen) atoms. The zero-order valence-electron chi connectivity index (χ0n) is 20.0. The number of carbonyl (C=O) groups is 1. The predicted molar refractivity (Wildman–Crippen MR) is 134 cm³/mol. The van der Waals surface area contributed by atoms with Crippen molar-refractivity contribution in [3.63, 3.8) is 0 Å². The maximum atomic E-state index is 13.3. The normalized spacial score (nSPS) is 11.2. The number of nitrogens with one attached hydrogen (secondary N) is 1. The van der Waals surface area contributed by atoms with E-state index < -0.39 is 5.82 Å². The second-order valence-electron chi connectivity index (χ2n) is 8.63. The predicted octanol–water partition coefficient (Wildman–Crippen LogP) is 5.95. The SMILES string of the molecule is Cc1nn(Cc2ccc(F)cc2Cl)c(C)c1NC(=O)c1ccn(COc2ccc(C(C)C)cc2)n1.